The Hall–Kier alpha value is -1.94. The van der Waals surface area contributed by atoms with Crippen molar-refractivity contribution in [2.24, 2.45) is 0 Å². The van der Waals surface area contributed by atoms with Crippen LogP contribution in [0.25, 0.3) is 0 Å². The van der Waals surface area contributed by atoms with E-state index in [9.17, 15) is 0 Å². The van der Waals surface area contributed by atoms with Crippen molar-refractivity contribution < 1.29 is 4.74 Å². The number of aromatic nitrogens is 2. The van der Waals surface area contributed by atoms with Crippen molar-refractivity contribution in [3.05, 3.63) is 47.9 Å². The highest BCUT2D eigenvalue weighted by atomic mass is 16.5. The molecule has 1 fully saturated rings. The maximum atomic E-state index is 5.59. The molecule has 2 aromatic rings. The number of anilines is 2. The van der Waals surface area contributed by atoms with Crippen LogP contribution in [-0.2, 0) is 10.2 Å². The summed E-state index contributed by atoms with van der Waals surface area (Å²) in [4.78, 5) is 10.8. The van der Waals surface area contributed by atoms with Gasteiger partial charge in [0.25, 0.3) is 0 Å². The van der Waals surface area contributed by atoms with E-state index in [-0.39, 0.29) is 5.41 Å². The molecule has 0 unspecified atom stereocenters. The molecule has 23 heavy (non-hydrogen) atoms. The lowest BCUT2D eigenvalue weighted by Gasteiger charge is -2.34. The minimum atomic E-state index is 0.215. The normalized spacial score (nSPS) is 18.3. The smallest absolute Gasteiger partial charge is 0.136 e. The van der Waals surface area contributed by atoms with Crippen molar-refractivity contribution in [1.82, 2.24) is 9.97 Å². The quantitative estimate of drug-likeness (QED) is 0.797. The first kappa shape index (κ1) is 15.9. The highest BCUT2D eigenvalue weighted by Crippen LogP contribution is 2.49. The fourth-order valence-corrected chi connectivity index (χ4v) is 3.62. The van der Waals surface area contributed by atoms with Crippen LogP contribution in [0, 0.1) is 6.92 Å². The average molecular weight is 311 g/mol. The number of ether oxygens (including phenoxy) is 1. The molecule has 0 amide bonds. The van der Waals surface area contributed by atoms with E-state index < -0.39 is 0 Å². The predicted octanol–water partition coefficient (Wildman–Crippen LogP) is 4.01. The van der Waals surface area contributed by atoms with Crippen molar-refractivity contribution in [1.29, 1.82) is 0 Å². The maximum Gasteiger partial charge on any atom is 0.136 e. The summed E-state index contributed by atoms with van der Waals surface area (Å²) in [7, 11) is 0. The largest absolute Gasteiger partial charge is 0.381 e. The molecule has 2 aliphatic rings. The number of fused-ring (bicyclic) bond motifs is 2. The molecule has 1 aromatic carbocycles. The van der Waals surface area contributed by atoms with E-state index >= 15 is 0 Å². The van der Waals surface area contributed by atoms with Gasteiger partial charge in [0.05, 0.1) is 0 Å². The topological polar surface area (TPSA) is 38.2 Å². The Morgan fingerprint density at radius 2 is 1.91 bits per heavy atom. The number of benzene rings is 1. The van der Waals surface area contributed by atoms with Crippen LogP contribution in [0.4, 0.5) is 11.5 Å². The van der Waals surface area contributed by atoms with Crippen molar-refractivity contribution in [2.75, 3.05) is 24.7 Å². The van der Waals surface area contributed by atoms with E-state index in [1.54, 1.807) is 6.33 Å². The lowest BCUT2D eigenvalue weighted by molar-refractivity contribution is 0.0558. The number of hydrogen-bond acceptors (Lipinski definition) is 4. The van der Waals surface area contributed by atoms with Crippen LogP contribution in [0.2, 0.25) is 0 Å². The Kier molecular flexibility index (Phi) is 4.62. The van der Waals surface area contributed by atoms with Gasteiger partial charge in [-0.2, -0.15) is 0 Å². The minimum absolute atomic E-state index is 0.215. The van der Waals surface area contributed by atoms with Crippen molar-refractivity contribution in [3.8, 4) is 0 Å². The van der Waals surface area contributed by atoms with Gasteiger partial charge in [0.2, 0.25) is 0 Å². The van der Waals surface area contributed by atoms with Crippen molar-refractivity contribution >= 4 is 11.5 Å². The number of aryl methyl sites for hydroxylation is 1. The summed E-state index contributed by atoms with van der Waals surface area (Å²) in [6, 6.07) is 8.79. The molecule has 1 aromatic heterocycles. The summed E-state index contributed by atoms with van der Waals surface area (Å²) < 4.78 is 5.59. The molecule has 4 rings (SSSR count). The second kappa shape index (κ2) is 6.67. The number of hydrogen-bond donors (Lipinski definition) is 0. The fraction of sp³-hybridized carbons (Fsp3) is 0.474. The third-order valence-electron chi connectivity index (χ3n) is 4.77. The van der Waals surface area contributed by atoms with Gasteiger partial charge < -0.3 is 9.64 Å². The molecule has 0 saturated carbocycles. The molecule has 0 atom stereocenters. The monoisotopic (exact) mass is 311 g/mol. The SMILES string of the molecule is CC.Cc1ccc2c(c1)N(c1ccncn1)CC21CCOCC1. The Morgan fingerprint density at radius 1 is 1.13 bits per heavy atom. The second-order valence-corrected chi connectivity index (χ2v) is 6.07. The van der Waals surface area contributed by atoms with Gasteiger partial charge in [0, 0.05) is 37.1 Å². The lowest BCUT2D eigenvalue weighted by Crippen LogP contribution is -2.37. The Balaban J connectivity index is 0.000000753. The molecule has 0 bridgehead atoms. The molecule has 1 saturated heterocycles. The van der Waals surface area contributed by atoms with E-state index in [1.165, 1.54) is 16.8 Å². The van der Waals surface area contributed by atoms with E-state index in [0.29, 0.717) is 0 Å². The van der Waals surface area contributed by atoms with Gasteiger partial charge in [-0.05, 0) is 43.0 Å². The van der Waals surface area contributed by atoms with E-state index in [2.05, 4.69) is 40.0 Å². The molecule has 3 heterocycles. The standard InChI is InChI=1S/C17H19N3O.C2H6/c1-13-2-3-14-15(10-13)20(16-4-7-18-12-19-16)11-17(14)5-8-21-9-6-17;1-2/h2-4,7,10,12H,5-6,8-9,11H2,1H3;1-2H3. The molecular weight excluding hydrogens is 286 g/mol. The first-order chi connectivity index (χ1) is 11.3. The van der Waals surface area contributed by atoms with Crippen LogP contribution < -0.4 is 4.90 Å². The molecule has 122 valence electrons. The Bertz CT molecular complexity index is 651. The summed E-state index contributed by atoms with van der Waals surface area (Å²) >= 11 is 0. The summed E-state index contributed by atoms with van der Waals surface area (Å²) in [5, 5.41) is 0. The molecule has 4 heteroatoms. The maximum absolute atomic E-state index is 5.59. The molecular formula is C19H25N3O. The van der Waals surface area contributed by atoms with E-state index in [0.717, 1.165) is 38.4 Å². The highest BCUT2D eigenvalue weighted by Gasteiger charge is 2.44. The fourth-order valence-electron chi connectivity index (χ4n) is 3.62. The van der Waals surface area contributed by atoms with Gasteiger partial charge in [-0.15, -0.1) is 0 Å². The zero-order valence-electron chi connectivity index (χ0n) is 14.2. The molecule has 1 spiro atoms. The van der Waals surface area contributed by atoms with Crippen LogP contribution in [0.3, 0.4) is 0 Å². The molecule has 0 radical (unpaired) electrons. The first-order valence-corrected chi connectivity index (χ1v) is 8.51. The third kappa shape index (κ3) is 2.83. The van der Waals surface area contributed by atoms with Crippen LogP contribution in [0.15, 0.2) is 36.8 Å². The minimum Gasteiger partial charge on any atom is -0.381 e. The highest BCUT2D eigenvalue weighted by molar-refractivity contribution is 5.71. The van der Waals surface area contributed by atoms with Crippen molar-refractivity contribution in [2.45, 2.75) is 39.0 Å². The Labute approximate surface area is 138 Å². The lowest BCUT2D eigenvalue weighted by atomic mass is 9.76. The summed E-state index contributed by atoms with van der Waals surface area (Å²) in [6.45, 7) is 8.84. The second-order valence-electron chi connectivity index (χ2n) is 6.07. The third-order valence-corrected chi connectivity index (χ3v) is 4.77. The Morgan fingerprint density at radius 3 is 2.61 bits per heavy atom. The molecule has 4 nitrogen and oxygen atoms in total. The van der Waals surface area contributed by atoms with Gasteiger partial charge in [0.1, 0.15) is 12.1 Å². The zero-order chi connectivity index (χ0) is 16.3. The van der Waals surface area contributed by atoms with Gasteiger partial charge in [-0.1, -0.05) is 26.0 Å². The number of rotatable bonds is 1. The van der Waals surface area contributed by atoms with Gasteiger partial charge in [-0.3, -0.25) is 0 Å². The van der Waals surface area contributed by atoms with Gasteiger partial charge in [-0.25, -0.2) is 9.97 Å². The summed E-state index contributed by atoms with van der Waals surface area (Å²) in [6.07, 6.45) is 5.61. The van der Waals surface area contributed by atoms with E-state index in [1.807, 2.05) is 26.1 Å². The number of nitrogens with zero attached hydrogens (tertiary/aromatic N) is 3. The van der Waals surface area contributed by atoms with Gasteiger partial charge >= 0.3 is 0 Å². The van der Waals surface area contributed by atoms with E-state index in [4.69, 9.17) is 4.74 Å². The van der Waals surface area contributed by atoms with Gasteiger partial charge in [0.15, 0.2) is 0 Å². The van der Waals surface area contributed by atoms with Crippen molar-refractivity contribution in [3.63, 3.8) is 0 Å². The van der Waals surface area contributed by atoms with Crippen LogP contribution in [-0.4, -0.2) is 29.7 Å². The van der Waals surface area contributed by atoms with Crippen LogP contribution >= 0.6 is 0 Å². The summed E-state index contributed by atoms with van der Waals surface area (Å²) in [5.41, 5.74) is 4.26. The average Bonchev–Trinajstić information content (AvgIpc) is 2.91. The summed E-state index contributed by atoms with van der Waals surface area (Å²) in [5.74, 6) is 0.986. The molecule has 0 aliphatic carbocycles. The molecule has 0 N–H and O–H groups in total. The predicted molar refractivity (Wildman–Crippen MR) is 93.3 cm³/mol. The van der Waals surface area contributed by atoms with Crippen LogP contribution in [0.1, 0.15) is 37.8 Å². The molecule has 2 aliphatic heterocycles. The first-order valence-electron chi connectivity index (χ1n) is 8.51. The van der Waals surface area contributed by atoms with Crippen LogP contribution in [0.5, 0.6) is 0 Å². The zero-order valence-corrected chi connectivity index (χ0v) is 14.2.